The largest absolute Gasteiger partial charge is 0.459 e. The van der Waals surface area contributed by atoms with E-state index in [1.54, 1.807) is 0 Å². The Bertz CT molecular complexity index is 1970. The second-order valence-electron chi connectivity index (χ2n) is 12.7. The molecule has 6 heteroatoms. The van der Waals surface area contributed by atoms with Crippen molar-refractivity contribution in [2.24, 2.45) is 5.92 Å². The number of aryl methyl sites for hydroxylation is 1. The van der Waals surface area contributed by atoms with Gasteiger partial charge in [0.1, 0.15) is 12.6 Å². The lowest BCUT2D eigenvalue weighted by molar-refractivity contribution is -0.149. The summed E-state index contributed by atoms with van der Waals surface area (Å²) in [7, 11) is -1.44. The first-order chi connectivity index (χ1) is 24.5. The summed E-state index contributed by atoms with van der Waals surface area (Å²) in [6.07, 6.45) is 2.38. The van der Waals surface area contributed by atoms with Crippen molar-refractivity contribution < 1.29 is 19.2 Å². The summed E-state index contributed by atoms with van der Waals surface area (Å²) < 4.78 is 5.77. The zero-order chi connectivity index (χ0) is 34.5. The molecule has 0 saturated carbocycles. The van der Waals surface area contributed by atoms with Gasteiger partial charge in [-0.1, -0.05) is 158 Å². The van der Waals surface area contributed by atoms with Gasteiger partial charge in [-0.2, -0.15) is 0 Å². The van der Waals surface area contributed by atoms with Gasteiger partial charge >= 0.3 is 5.97 Å². The Labute approximate surface area is 295 Å². The number of hydrogen-bond donors (Lipinski definition) is 2. The number of rotatable bonds is 15. The fourth-order valence-corrected chi connectivity index (χ4v) is 7.65. The molecule has 50 heavy (non-hydrogen) atoms. The van der Waals surface area contributed by atoms with E-state index >= 15 is 0 Å². The van der Waals surface area contributed by atoms with Crippen LogP contribution in [-0.4, -0.2) is 35.1 Å². The monoisotopic (exact) mass is 679 g/mol. The minimum Gasteiger partial charge on any atom is -0.459 e. The second-order valence-corrected chi connectivity index (χ2v) is 14.5. The van der Waals surface area contributed by atoms with Gasteiger partial charge in [0.05, 0.1) is 0 Å². The molecule has 0 aromatic heterocycles. The zero-order valence-corrected chi connectivity index (χ0v) is 28.9. The Morgan fingerprint density at radius 1 is 0.600 bits per heavy atom. The molecule has 6 rings (SSSR count). The minimum atomic E-state index is -1.44. The predicted octanol–water partition coefficient (Wildman–Crippen LogP) is 8.77. The van der Waals surface area contributed by atoms with Crippen molar-refractivity contribution in [2.75, 3.05) is 12.3 Å². The lowest BCUT2D eigenvalue weighted by Crippen LogP contribution is -2.46. The summed E-state index contributed by atoms with van der Waals surface area (Å²) in [6, 6.07) is 51.3. The van der Waals surface area contributed by atoms with E-state index in [2.05, 4.69) is 47.8 Å². The average molecular weight is 680 g/mol. The number of carbonyl (C=O) groups is 2. The molecule has 6 aromatic carbocycles. The fourth-order valence-electron chi connectivity index (χ4n) is 6.15. The Morgan fingerprint density at radius 2 is 1.18 bits per heavy atom. The van der Waals surface area contributed by atoms with E-state index in [1.165, 1.54) is 0 Å². The molecule has 3 unspecified atom stereocenters. The van der Waals surface area contributed by atoms with Crippen LogP contribution in [-0.2, 0) is 40.2 Å². The van der Waals surface area contributed by atoms with Gasteiger partial charge in [-0.05, 0) is 63.2 Å². The number of nitrogens with one attached hydrogen (secondary N) is 1. The normalized spacial score (nSPS) is 12.9. The Kier molecular flexibility index (Phi) is 12.2. The maximum Gasteiger partial charge on any atom is 0.329 e. The third kappa shape index (κ3) is 9.98. The summed E-state index contributed by atoms with van der Waals surface area (Å²) in [5.41, 5.74) is 6.17. The highest BCUT2D eigenvalue weighted by molar-refractivity contribution is 7.51. The lowest BCUT2D eigenvalue weighted by Gasteiger charge is -2.24. The van der Waals surface area contributed by atoms with Crippen LogP contribution >= 0.6 is 8.15 Å². The van der Waals surface area contributed by atoms with Crippen LogP contribution < -0.4 is 5.32 Å². The van der Waals surface area contributed by atoms with E-state index in [1.807, 2.05) is 115 Å². The highest BCUT2D eigenvalue weighted by Crippen LogP contribution is 2.35. The van der Waals surface area contributed by atoms with Crippen molar-refractivity contribution >= 4 is 30.8 Å². The first-order valence-electron chi connectivity index (χ1n) is 17.1. The Hall–Kier alpha value is -5.09. The number of amides is 1. The number of fused-ring (bicyclic) bond motifs is 1. The fraction of sp³-hybridized carbons (Fsp3) is 0.182. The quantitative estimate of drug-likeness (QED) is 0.0841. The first-order valence-corrected chi connectivity index (χ1v) is 18.8. The molecule has 0 aliphatic heterocycles. The van der Waals surface area contributed by atoms with Crippen molar-refractivity contribution in [1.29, 1.82) is 0 Å². The molecule has 5 nitrogen and oxygen atoms in total. The molecule has 6 aromatic rings. The molecule has 0 bridgehead atoms. The number of carbonyl (C=O) groups excluding carboxylic acids is 2. The van der Waals surface area contributed by atoms with Gasteiger partial charge in [0.15, 0.2) is 0 Å². The van der Waals surface area contributed by atoms with E-state index in [0.717, 1.165) is 50.6 Å². The molecule has 0 radical (unpaired) electrons. The number of esters is 1. The molecule has 252 valence electrons. The summed E-state index contributed by atoms with van der Waals surface area (Å²) >= 11 is 0. The molecule has 1 amide bonds. The third-order valence-corrected chi connectivity index (χ3v) is 10.5. The molecule has 0 aliphatic carbocycles. The molecule has 0 heterocycles. The molecular formula is C44H42NO4P. The van der Waals surface area contributed by atoms with Gasteiger partial charge in [-0.25, -0.2) is 4.79 Å². The first kappa shape index (κ1) is 34.8. The van der Waals surface area contributed by atoms with Crippen LogP contribution in [0.2, 0.25) is 0 Å². The number of ether oxygens (including phenoxy) is 1. The lowest BCUT2D eigenvalue weighted by atomic mass is 9.96. The minimum absolute atomic E-state index is 0.113. The van der Waals surface area contributed by atoms with Crippen molar-refractivity contribution in [3.8, 4) is 11.1 Å². The van der Waals surface area contributed by atoms with Crippen molar-refractivity contribution in [1.82, 2.24) is 5.32 Å². The molecule has 3 atom stereocenters. The van der Waals surface area contributed by atoms with Crippen LogP contribution in [0, 0.1) is 5.92 Å². The van der Waals surface area contributed by atoms with E-state index < -0.39 is 26.1 Å². The van der Waals surface area contributed by atoms with E-state index in [9.17, 15) is 14.5 Å². The van der Waals surface area contributed by atoms with Crippen LogP contribution in [0.25, 0.3) is 21.9 Å². The van der Waals surface area contributed by atoms with Gasteiger partial charge in [-0.3, -0.25) is 4.79 Å². The molecular weight excluding hydrogens is 637 g/mol. The maximum absolute atomic E-state index is 14.2. The smallest absolute Gasteiger partial charge is 0.329 e. The Morgan fingerprint density at radius 3 is 1.88 bits per heavy atom. The van der Waals surface area contributed by atoms with Crippen LogP contribution in [0.4, 0.5) is 0 Å². The predicted molar refractivity (Wildman–Crippen MR) is 204 cm³/mol. The van der Waals surface area contributed by atoms with Crippen molar-refractivity contribution in [3.63, 3.8) is 0 Å². The topological polar surface area (TPSA) is 75.6 Å². The molecule has 0 saturated heterocycles. The molecule has 0 aliphatic rings. The summed E-state index contributed by atoms with van der Waals surface area (Å²) in [5, 5.41) is 5.24. The van der Waals surface area contributed by atoms with Gasteiger partial charge in [0, 0.05) is 26.6 Å². The highest BCUT2D eigenvalue weighted by Gasteiger charge is 2.29. The molecule has 2 N–H and O–H groups in total. The third-order valence-electron chi connectivity index (χ3n) is 8.93. The maximum atomic E-state index is 14.2. The van der Waals surface area contributed by atoms with E-state index in [4.69, 9.17) is 4.74 Å². The Balaban J connectivity index is 1.21. The SMILES string of the molecule is O=C(NC(Cc1ccc2ccccc2c1)C(=O)OCc1ccccc1)C(Cc1ccc(-c2ccccc2)cc1)CP(O)CCc1ccccc1. The average Bonchev–Trinajstić information content (AvgIpc) is 3.17. The molecule has 0 fully saturated rings. The molecule has 0 spiro atoms. The summed E-state index contributed by atoms with van der Waals surface area (Å²) in [4.78, 5) is 39.2. The van der Waals surface area contributed by atoms with Gasteiger partial charge in [-0.15, -0.1) is 0 Å². The van der Waals surface area contributed by atoms with Gasteiger partial charge in [0.2, 0.25) is 5.91 Å². The van der Waals surface area contributed by atoms with Crippen LogP contribution in [0.15, 0.2) is 158 Å². The summed E-state index contributed by atoms with van der Waals surface area (Å²) in [5.74, 6) is -1.29. The van der Waals surface area contributed by atoms with E-state index in [-0.39, 0.29) is 18.9 Å². The number of benzene rings is 6. The van der Waals surface area contributed by atoms with Crippen LogP contribution in [0.3, 0.4) is 0 Å². The zero-order valence-electron chi connectivity index (χ0n) is 28.0. The van der Waals surface area contributed by atoms with Gasteiger partial charge < -0.3 is 14.9 Å². The highest BCUT2D eigenvalue weighted by atomic mass is 31.1. The van der Waals surface area contributed by atoms with Crippen molar-refractivity contribution in [2.45, 2.75) is 31.9 Å². The van der Waals surface area contributed by atoms with Gasteiger partial charge in [0.25, 0.3) is 0 Å². The second kappa shape index (κ2) is 17.5. The van der Waals surface area contributed by atoms with Crippen LogP contribution in [0.5, 0.6) is 0 Å². The van der Waals surface area contributed by atoms with Crippen LogP contribution in [0.1, 0.15) is 22.3 Å². The van der Waals surface area contributed by atoms with Crippen molar-refractivity contribution in [3.05, 3.63) is 180 Å². The van der Waals surface area contributed by atoms with E-state index in [0.29, 0.717) is 18.7 Å². The summed E-state index contributed by atoms with van der Waals surface area (Å²) in [6.45, 7) is 0.113. The number of hydrogen-bond acceptors (Lipinski definition) is 4. The standard InChI is InChI=1S/C44H42NO4P/c46-43(45-42(44(47)49-31-35-14-6-2-7-15-35)30-36-22-25-38-18-10-11-19-40(38)29-36)41(32-50(48)27-26-33-12-4-1-5-13-33)28-34-20-23-39(24-21-34)37-16-8-3-9-17-37/h1-25,29,41-42,48H,26-28,30-32H2,(H,45,46).